The van der Waals surface area contributed by atoms with Crippen LogP contribution in [0, 0.1) is 16.7 Å². The van der Waals surface area contributed by atoms with E-state index in [2.05, 4.69) is 18.6 Å². The van der Waals surface area contributed by atoms with Crippen LogP contribution in [0.25, 0.3) is 0 Å². The highest BCUT2D eigenvalue weighted by Gasteiger charge is 2.30. The van der Waals surface area contributed by atoms with Crippen molar-refractivity contribution < 1.29 is 8.42 Å². The zero-order chi connectivity index (χ0) is 15.7. The molecule has 114 valence electrons. The lowest BCUT2D eigenvalue weighted by molar-refractivity contribution is 0.218. The van der Waals surface area contributed by atoms with E-state index in [0.29, 0.717) is 5.69 Å². The summed E-state index contributed by atoms with van der Waals surface area (Å²) in [6.07, 6.45) is 3.63. The Morgan fingerprint density at radius 1 is 1.33 bits per heavy atom. The molecule has 1 saturated carbocycles. The number of nitriles is 1. The third-order valence-corrected chi connectivity index (χ3v) is 5.65. The minimum Gasteiger partial charge on any atom is -0.399 e. The van der Waals surface area contributed by atoms with E-state index in [0.717, 1.165) is 25.7 Å². The number of nitrogen functional groups attached to an aromatic ring is 1. The zero-order valence-corrected chi connectivity index (χ0v) is 13.2. The molecule has 0 heterocycles. The summed E-state index contributed by atoms with van der Waals surface area (Å²) in [5, 5.41) is 9.08. The molecule has 2 rings (SSSR count). The van der Waals surface area contributed by atoms with Gasteiger partial charge in [0.1, 0.15) is 6.07 Å². The molecule has 0 bridgehead atoms. The molecule has 0 saturated heterocycles. The predicted molar refractivity (Wildman–Crippen MR) is 81.9 cm³/mol. The Kier molecular flexibility index (Phi) is 4.26. The van der Waals surface area contributed by atoms with E-state index in [4.69, 9.17) is 11.0 Å². The predicted octanol–water partition coefficient (Wildman–Crippen LogP) is 2.39. The summed E-state index contributed by atoms with van der Waals surface area (Å²) in [7, 11) is -3.68. The topological polar surface area (TPSA) is 96.0 Å². The van der Waals surface area contributed by atoms with Gasteiger partial charge in [-0.25, -0.2) is 13.1 Å². The van der Waals surface area contributed by atoms with Crippen molar-refractivity contribution in [2.45, 2.75) is 50.5 Å². The number of sulfonamides is 1. The van der Waals surface area contributed by atoms with Gasteiger partial charge in [0.15, 0.2) is 0 Å². The molecule has 1 aliphatic rings. The second-order valence-corrected chi connectivity index (χ2v) is 8.11. The number of nitrogens with zero attached hydrogens (tertiary/aromatic N) is 1. The number of nitrogens with one attached hydrogen (secondary N) is 1. The lowest BCUT2D eigenvalue weighted by Gasteiger charge is -2.34. The SMILES string of the molecule is CC1(C)CCC(NS(=O)(=O)c2ccc(N)cc2C#N)CC1. The molecule has 0 amide bonds. The Morgan fingerprint density at radius 3 is 2.52 bits per heavy atom. The van der Waals surface area contributed by atoms with Crippen molar-refractivity contribution in [1.82, 2.24) is 4.72 Å². The molecule has 6 heteroatoms. The molecule has 0 unspecified atom stereocenters. The van der Waals surface area contributed by atoms with Crippen LogP contribution >= 0.6 is 0 Å². The maximum absolute atomic E-state index is 12.4. The van der Waals surface area contributed by atoms with E-state index >= 15 is 0 Å². The average molecular weight is 307 g/mol. The van der Waals surface area contributed by atoms with E-state index in [1.165, 1.54) is 18.2 Å². The Balaban J connectivity index is 2.19. The molecule has 0 aromatic heterocycles. The van der Waals surface area contributed by atoms with Crippen molar-refractivity contribution in [3.8, 4) is 6.07 Å². The van der Waals surface area contributed by atoms with Crippen LogP contribution in [0.5, 0.6) is 0 Å². The van der Waals surface area contributed by atoms with Gasteiger partial charge >= 0.3 is 0 Å². The van der Waals surface area contributed by atoms with E-state index in [1.807, 2.05) is 6.07 Å². The molecule has 3 N–H and O–H groups in total. The Bertz CT molecular complexity index is 665. The van der Waals surface area contributed by atoms with Crippen molar-refractivity contribution >= 4 is 15.7 Å². The monoisotopic (exact) mass is 307 g/mol. The van der Waals surface area contributed by atoms with Gasteiger partial charge in [0.2, 0.25) is 10.0 Å². The molecular formula is C15H21N3O2S. The van der Waals surface area contributed by atoms with Crippen LogP contribution in [0.15, 0.2) is 23.1 Å². The van der Waals surface area contributed by atoms with Crippen LogP contribution in [-0.4, -0.2) is 14.5 Å². The fraction of sp³-hybridized carbons (Fsp3) is 0.533. The molecule has 0 atom stereocenters. The molecular weight excluding hydrogens is 286 g/mol. The number of rotatable bonds is 3. The van der Waals surface area contributed by atoms with Crippen LogP contribution in [0.2, 0.25) is 0 Å². The number of anilines is 1. The Labute approximate surface area is 126 Å². The summed E-state index contributed by atoms with van der Waals surface area (Å²) in [6, 6.07) is 6.11. The minimum absolute atomic E-state index is 0.00373. The van der Waals surface area contributed by atoms with Gasteiger partial charge in [-0.2, -0.15) is 5.26 Å². The molecule has 21 heavy (non-hydrogen) atoms. The van der Waals surface area contributed by atoms with Crippen LogP contribution in [0.3, 0.4) is 0 Å². The summed E-state index contributed by atoms with van der Waals surface area (Å²) in [5.74, 6) is 0. The van der Waals surface area contributed by atoms with Crippen molar-refractivity contribution in [2.24, 2.45) is 5.41 Å². The van der Waals surface area contributed by atoms with Gasteiger partial charge in [0.05, 0.1) is 10.5 Å². The fourth-order valence-corrected chi connectivity index (χ4v) is 4.11. The second-order valence-electron chi connectivity index (χ2n) is 6.43. The van der Waals surface area contributed by atoms with Gasteiger partial charge in [-0.05, 0) is 49.3 Å². The molecule has 1 fully saturated rings. The van der Waals surface area contributed by atoms with Gasteiger partial charge in [-0.1, -0.05) is 13.8 Å². The maximum atomic E-state index is 12.4. The highest BCUT2D eigenvalue weighted by molar-refractivity contribution is 7.89. The first-order valence-electron chi connectivity index (χ1n) is 7.05. The van der Waals surface area contributed by atoms with Gasteiger partial charge in [0, 0.05) is 11.7 Å². The molecule has 5 nitrogen and oxygen atoms in total. The maximum Gasteiger partial charge on any atom is 0.242 e. The Hall–Kier alpha value is -1.58. The van der Waals surface area contributed by atoms with Gasteiger partial charge < -0.3 is 5.73 Å². The molecule has 0 spiro atoms. The van der Waals surface area contributed by atoms with Crippen LogP contribution in [0.1, 0.15) is 45.1 Å². The van der Waals surface area contributed by atoms with Gasteiger partial charge in [-0.3, -0.25) is 0 Å². The van der Waals surface area contributed by atoms with E-state index in [1.54, 1.807) is 0 Å². The second kappa shape index (κ2) is 5.66. The molecule has 0 radical (unpaired) electrons. The summed E-state index contributed by atoms with van der Waals surface area (Å²) in [4.78, 5) is 0.00373. The van der Waals surface area contributed by atoms with Crippen molar-refractivity contribution in [3.63, 3.8) is 0 Å². The smallest absolute Gasteiger partial charge is 0.242 e. The average Bonchev–Trinajstić information content (AvgIpc) is 2.40. The highest BCUT2D eigenvalue weighted by atomic mass is 32.2. The minimum atomic E-state index is -3.68. The molecule has 0 aliphatic heterocycles. The largest absolute Gasteiger partial charge is 0.399 e. The zero-order valence-electron chi connectivity index (χ0n) is 12.4. The summed E-state index contributed by atoms with van der Waals surface area (Å²) >= 11 is 0. The standard InChI is InChI=1S/C15H21N3O2S/c1-15(2)7-5-13(6-8-15)18-21(19,20)14-4-3-12(17)9-11(14)10-16/h3-4,9,13,18H,5-8,17H2,1-2H3. The summed E-state index contributed by atoms with van der Waals surface area (Å²) in [6.45, 7) is 4.40. The quantitative estimate of drug-likeness (QED) is 0.838. The number of nitrogens with two attached hydrogens (primary N) is 1. The van der Waals surface area contributed by atoms with Gasteiger partial charge in [0.25, 0.3) is 0 Å². The lowest BCUT2D eigenvalue weighted by Crippen LogP contribution is -2.39. The van der Waals surface area contributed by atoms with Crippen molar-refractivity contribution in [2.75, 3.05) is 5.73 Å². The normalized spacial score (nSPS) is 19.1. The number of hydrogen-bond donors (Lipinski definition) is 2. The van der Waals surface area contributed by atoms with E-state index < -0.39 is 10.0 Å². The van der Waals surface area contributed by atoms with Crippen LogP contribution in [-0.2, 0) is 10.0 Å². The van der Waals surface area contributed by atoms with Crippen LogP contribution < -0.4 is 10.5 Å². The molecule has 1 aromatic rings. The van der Waals surface area contributed by atoms with Crippen molar-refractivity contribution in [3.05, 3.63) is 23.8 Å². The fourth-order valence-electron chi connectivity index (χ4n) is 2.67. The first-order valence-corrected chi connectivity index (χ1v) is 8.54. The van der Waals surface area contributed by atoms with Gasteiger partial charge in [-0.15, -0.1) is 0 Å². The van der Waals surface area contributed by atoms with Crippen molar-refractivity contribution in [1.29, 1.82) is 5.26 Å². The first-order chi connectivity index (χ1) is 9.73. The van der Waals surface area contributed by atoms with E-state index in [9.17, 15) is 8.42 Å². The van der Waals surface area contributed by atoms with E-state index in [-0.39, 0.29) is 21.9 Å². The number of hydrogen-bond acceptors (Lipinski definition) is 4. The number of benzene rings is 1. The highest BCUT2D eigenvalue weighted by Crippen LogP contribution is 2.35. The molecule has 1 aliphatic carbocycles. The summed E-state index contributed by atoms with van der Waals surface area (Å²) < 4.78 is 27.6. The Morgan fingerprint density at radius 2 is 1.95 bits per heavy atom. The third-order valence-electron chi connectivity index (χ3n) is 4.07. The third kappa shape index (κ3) is 3.74. The first kappa shape index (κ1) is 15.8. The lowest BCUT2D eigenvalue weighted by atomic mass is 9.76. The van der Waals surface area contributed by atoms with Crippen LogP contribution in [0.4, 0.5) is 5.69 Å². The molecule has 1 aromatic carbocycles. The summed E-state index contributed by atoms with van der Waals surface area (Å²) in [5.41, 5.74) is 6.33.